The van der Waals surface area contributed by atoms with E-state index in [0.717, 1.165) is 12.8 Å². The number of sulfonamides is 1. The molecule has 1 aliphatic rings. The first-order chi connectivity index (χ1) is 10.6. The van der Waals surface area contributed by atoms with Gasteiger partial charge in [0.25, 0.3) is 0 Å². The van der Waals surface area contributed by atoms with E-state index in [2.05, 4.69) is 5.32 Å². The lowest BCUT2D eigenvalue weighted by atomic mass is 9.92. The Morgan fingerprint density at radius 1 is 1.26 bits per heavy atom. The van der Waals surface area contributed by atoms with Gasteiger partial charge in [0.15, 0.2) is 0 Å². The minimum Gasteiger partial charge on any atom is -0.326 e. The van der Waals surface area contributed by atoms with Crippen molar-refractivity contribution in [1.82, 2.24) is 4.31 Å². The molecule has 0 bridgehead atoms. The summed E-state index contributed by atoms with van der Waals surface area (Å²) in [5, 5.41) is 2.92. The number of rotatable bonds is 4. The highest BCUT2D eigenvalue weighted by molar-refractivity contribution is 7.89. The summed E-state index contributed by atoms with van der Waals surface area (Å²) in [6.07, 6.45) is 2.07. The van der Waals surface area contributed by atoms with E-state index in [1.165, 1.54) is 16.4 Å². The van der Waals surface area contributed by atoms with Gasteiger partial charge in [-0.25, -0.2) is 8.42 Å². The number of anilines is 1. The van der Waals surface area contributed by atoms with Crippen LogP contribution in [-0.4, -0.2) is 31.7 Å². The van der Waals surface area contributed by atoms with Crippen molar-refractivity contribution in [3.05, 3.63) is 23.2 Å². The fraction of sp³-hybridized carbons (Fsp3) is 0.562. The van der Waals surface area contributed by atoms with Gasteiger partial charge in [0, 0.05) is 25.2 Å². The van der Waals surface area contributed by atoms with Crippen LogP contribution in [0.1, 0.15) is 40.0 Å². The summed E-state index contributed by atoms with van der Waals surface area (Å²) >= 11 is 6.08. The number of amides is 1. The number of halogens is 1. The van der Waals surface area contributed by atoms with E-state index in [4.69, 9.17) is 11.6 Å². The van der Waals surface area contributed by atoms with E-state index in [0.29, 0.717) is 25.2 Å². The van der Waals surface area contributed by atoms with Gasteiger partial charge in [0.2, 0.25) is 15.9 Å². The largest absolute Gasteiger partial charge is 0.326 e. The Balaban J connectivity index is 2.24. The van der Waals surface area contributed by atoms with Crippen LogP contribution in [-0.2, 0) is 14.8 Å². The molecule has 0 unspecified atom stereocenters. The molecule has 0 radical (unpaired) electrons. The number of benzene rings is 1. The molecule has 0 aliphatic carbocycles. The molecule has 1 aromatic carbocycles. The monoisotopic (exact) mass is 358 g/mol. The van der Waals surface area contributed by atoms with Crippen molar-refractivity contribution in [2.24, 2.45) is 5.41 Å². The molecule has 0 spiro atoms. The quantitative estimate of drug-likeness (QED) is 0.895. The Hall–Kier alpha value is -1.11. The Morgan fingerprint density at radius 3 is 2.43 bits per heavy atom. The fourth-order valence-corrected chi connectivity index (χ4v) is 4.55. The van der Waals surface area contributed by atoms with E-state index in [-0.39, 0.29) is 21.2 Å². The predicted molar refractivity (Wildman–Crippen MR) is 92.1 cm³/mol. The van der Waals surface area contributed by atoms with Crippen molar-refractivity contribution in [3.8, 4) is 0 Å². The zero-order valence-corrected chi connectivity index (χ0v) is 15.3. The summed E-state index contributed by atoms with van der Waals surface area (Å²) in [6, 6.07) is 4.57. The smallest absolute Gasteiger partial charge is 0.244 e. The molecule has 1 saturated heterocycles. The lowest BCUT2D eigenvalue weighted by Gasteiger charge is -2.19. The van der Waals surface area contributed by atoms with Crippen LogP contribution in [0.15, 0.2) is 23.1 Å². The normalized spacial score (nSPS) is 16.5. The molecule has 1 aromatic rings. The third-order valence-electron chi connectivity index (χ3n) is 3.59. The Labute approximate surface area is 143 Å². The van der Waals surface area contributed by atoms with Crippen molar-refractivity contribution in [1.29, 1.82) is 0 Å². The van der Waals surface area contributed by atoms with Gasteiger partial charge in [-0.3, -0.25) is 4.79 Å². The number of hydrogen-bond acceptors (Lipinski definition) is 3. The lowest BCUT2D eigenvalue weighted by molar-refractivity contribution is -0.117. The molecule has 1 N–H and O–H groups in total. The topological polar surface area (TPSA) is 66.5 Å². The molecular weight excluding hydrogens is 336 g/mol. The Morgan fingerprint density at radius 2 is 1.87 bits per heavy atom. The molecule has 0 saturated carbocycles. The van der Waals surface area contributed by atoms with Gasteiger partial charge < -0.3 is 5.32 Å². The first kappa shape index (κ1) is 18.2. The molecule has 1 aliphatic heterocycles. The maximum atomic E-state index is 12.7. The molecule has 0 atom stereocenters. The molecule has 128 valence electrons. The highest BCUT2D eigenvalue weighted by Gasteiger charge is 2.29. The number of hydrogen-bond donors (Lipinski definition) is 1. The standard InChI is InChI=1S/C16H23ClN2O3S/c1-16(2,3)11-15(20)18-12-6-7-13(17)14(10-12)23(21,22)19-8-4-5-9-19/h6-7,10H,4-5,8-9,11H2,1-3H3,(H,18,20). The summed E-state index contributed by atoms with van der Waals surface area (Å²) in [7, 11) is -3.61. The van der Waals surface area contributed by atoms with Gasteiger partial charge in [-0.2, -0.15) is 4.31 Å². The second kappa shape index (κ2) is 6.79. The molecule has 1 fully saturated rings. The first-order valence-electron chi connectivity index (χ1n) is 7.69. The van der Waals surface area contributed by atoms with Crippen LogP contribution in [0.4, 0.5) is 5.69 Å². The maximum absolute atomic E-state index is 12.7. The fourth-order valence-electron chi connectivity index (χ4n) is 2.53. The second-order valence-electron chi connectivity index (χ2n) is 7.04. The highest BCUT2D eigenvalue weighted by Crippen LogP contribution is 2.30. The molecule has 7 heteroatoms. The van der Waals surface area contributed by atoms with Crippen LogP contribution in [0.5, 0.6) is 0 Å². The summed E-state index contributed by atoms with van der Waals surface area (Å²) in [5.41, 5.74) is 0.308. The molecule has 1 heterocycles. The van der Waals surface area contributed by atoms with E-state index in [1.54, 1.807) is 6.07 Å². The molecule has 0 aromatic heterocycles. The van der Waals surface area contributed by atoms with Crippen LogP contribution in [0.3, 0.4) is 0 Å². The van der Waals surface area contributed by atoms with Gasteiger partial charge in [-0.15, -0.1) is 0 Å². The third kappa shape index (κ3) is 4.68. The van der Waals surface area contributed by atoms with Gasteiger partial charge in [-0.05, 0) is 36.5 Å². The lowest BCUT2D eigenvalue weighted by Crippen LogP contribution is -2.28. The number of nitrogens with one attached hydrogen (secondary N) is 1. The van der Waals surface area contributed by atoms with E-state index in [1.807, 2.05) is 20.8 Å². The summed E-state index contributed by atoms with van der Waals surface area (Å²) in [6.45, 7) is 6.94. The van der Waals surface area contributed by atoms with Crippen molar-refractivity contribution < 1.29 is 13.2 Å². The third-order valence-corrected chi connectivity index (χ3v) is 5.97. The SMILES string of the molecule is CC(C)(C)CC(=O)Nc1ccc(Cl)c(S(=O)(=O)N2CCCC2)c1. The van der Waals surface area contributed by atoms with Gasteiger partial charge in [0.05, 0.1) is 5.02 Å². The van der Waals surface area contributed by atoms with Crippen molar-refractivity contribution in [3.63, 3.8) is 0 Å². The average Bonchev–Trinajstić information content (AvgIpc) is 2.93. The number of carbonyl (C=O) groups is 1. The summed E-state index contributed by atoms with van der Waals surface area (Å²) in [4.78, 5) is 12.1. The molecule has 5 nitrogen and oxygen atoms in total. The van der Waals surface area contributed by atoms with Gasteiger partial charge >= 0.3 is 0 Å². The van der Waals surface area contributed by atoms with E-state index < -0.39 is 10.0 Å². The van der Waals surface area contributed by atoms with Gasteiger partial charge in [-0.1, -0.05) is 32.4 Å². The van der Waals surface area contributed by atoms with Crippen LogP contribution in [0.25, 0.3) is 0 Å². The van der Waals surface area contributed by atoms with Crippen LogP contribution in [0.2, 0.25) is 5.02 Å². The molecule has 2 rings (SSSR count). The van der Waals surface area contributed by atoms with Gasteiger partial charge in [0.1, 0.15) is 4.90 Å². The van der Waals surface area contributed by atoms with Crippen LogP contribution < -0.4 is 5.32 Å². The Bertz CT molecular complexity index is 690. The summed E-state index contributed by atoms with van der Waals surface area (Å²) in [5.74, 6) is -0.149. The minimum atomic E-state index is -3.61. The van der Waals surface area contributed by atoms with Crippen LogP contribution in [0, 0.1) is 5.41 Å². The van der Waals surface area contributed by atoms with E-state index in [9.17, 15) is 13.2 Å². The Kier molecular flexibility index (Phi) is 5.38. The zero-order chi connectivity index (χ0) is 17.3. The maximum Gasteiger partial charge on any atom is 0.244 e. The van der Waals surface area contributed by atoms with Crippen LogP contribution >= 0.6 is 11.6 Å². The minimum absolute atomic E-state index is 0.0506. The predicted octanol–water partition coefficient (Wildman–Crippen LogP) is 3.50. The van der Waals surface area contributed by atoms with Crippen molar-refractivity contribution in [2.75, 3.05) is 18.4 Å². The molecular formula is C16H23ClN2O3S. The van der Waals surface area contributed by atoms with Crippen molar-refractivity contribution in [2.45, 2.75) is 44.9 Å². The second-order valence-corrected chi connectivity index (χ2v) is 9.36. The highest BCUT2D eigenvalue weighted by atomic mass is 35.5. The first-order valence-corrected chi connectivity index (χ1v) is 9.51. The van der Waals surface area contributed by atoms with E-state index >= 15 is 0 Å². The average molecular weight is 359 g/mol. The molecule has 23 heavy (non-hydrogen) atoms. The number of carbonyl (C=O) groups excluding carboxylic acids is 1. The zero-order valence-electron chi connectivity index (χ0n) is 13.7. The van der Waals surface area contributed by atoms with Crippen molar-refractivity contribution >= 4 is 33.2 Å². The summed E-state index contributed by atoms with van der Waals surface area (Å²) < 4.78 is 26.7. The number of nitrogens with zero attached hydrogens (tertiary/aromatic N) is 1. The molecule has 1 amide bonds.